The average Bonchev–Trinajstić information content (AvgIpc) is 2.84. The van der Waals surface area contributed by atoms with Crippen molar-refractivity contribution in [1.29, 1.82) is 0 Å². The minimum absolute atomic E-state index is 0.0794. The maximum Gasteiger partial charge on any atom is 0.220 e. The molecule has 0 saturated heterocycles. The second kappa shape index (κ2) is 26.5. The van der Waals surface area contributed by atoms with E-state index in [1.54, 1.807) is 6.08 Å². The summed E-state index contributed by atoms with van der Waals surface area (Å²) < 4.78 is 0. The summed E-state index contributed by atoms with van der Waals surface area (Å²) in [7, 11) is 0. The van der Waals surface area contributed by atoms with Crippen LogP contribution < -0.4 is 5.32 Å². The number of hydrogen-bond acceptors (Lipinski definition) is 3. The molecule has 0 spiro atoms. The van der Waals surface area contributed by atoms with Gasteiger partial charge in [-0.05, 0) is 32.1 Å². The predicted octanol–water partition coefficient (Wildman–Crippen LogP) is 7.78. The molecule has 0 aliphatic rings. The van der Waals surface area contributed by atoms with Crippen molar-refractivity contribution in [2.45, 2.75) is 154 Å². The Balaban J connectivity index is 3.76. The maximum atomic E-state index is 12.2. The first-order valence-electron chi connectivity index (χ1n) is 14.6. The molecule has 0 aliphatic carbocycles. The van der Waals surface area contributed by atoms with Crippen molar-refractivity contribution in [2.75, 3.05) is 6.61 Å². The van der Waals surface area contributed by atoms with E-state index >= 15 is 0 Å². The lowest BCUT2D eigenvalue weighted by molar-refractivity contribution is -0.123. The van der Waals surface area contributed by atoms with Crippen LogP contribution in [0.3, 0.4) is 0 Å². The molecule has 0 aliphatic heterocycles. The Morgan fingerprint density at radius 2 is 1.15 bits per heavy atom. The van der Waals surface area contributed by atoms with Crippen molar-refractivity contribution >= 4 is 5.91 Å². The van der Waals surface area contributed by atoms with Gasteiger partial charge in [0.05, 0.1) is 18.8 Å². The first-order valence-corrected chi connectivity index (χ1v) is 14.6. The van der Waals surface area contributed by atoms with Gasteiger partial charge in [-0.2, -0.15) is 0 Å². The van der Waals surface area contributed by atoms with Gasteiger partial charge >= 0.3 is 0 Å². The van der Waals surface area contributed by atoms with Crippen molar-refractivity contribution in [3.8, 4) is 0 Å². The molecule has 4 nitrogen and oxygen atoms in total. The quantitative estimate of drug-likeness (QED) is 0.0924. The fourth-order valence-corrected chi connectivity index (χ4v) is 4.13. The van der Waals surface area contributed by atoms with Gasteiger partial charge in [0.15, 0.2) is 0 Å². The third kappa shape index (κ3) is 22.7. The lowest BCUT2D eigenvalue weighted by Crippen LogP contribution is -2.45. The topological polar surface area (TPSA) is 69.6 Å². The Morgan fingerprint density at radius 1 is 0.676 bits per heavy atom. The molecule has 0 aromatic rings. The summed E-state index contributed by atoms with van der Waals surface area (Å²) in [6, 6.07) is -0.630. The molecule has 4 heteroatoms. The van der Waals surface area contributed by atoms with Crippen LogP contribution in [0.25, 0.3) is 0 Å². The number of aliphatic hydroxyl groups is 2. The smallest absolute Gasteiger partial charge is 0.220 e. The molecule has 0 radical (unpaired) electrons. The summed E-state index contributed by atoms with van der Waals surface area (Å²) in [6.07, 6.45) is 31.0. The summed E-state index contributed by atoms with van der Waals surface area (Å²) in [5, 5.41) is 22.6. The molecule has 0 saturated carbocycles. The molecular weight excluding hydrogens is 422 g/mol. The molecule has 2 atom stereocenters. The third-order valence-electron chi connectivity index (χ3n) is 6.44. The van der Waals surface area contributed by atoms with Gasteiger partial charge in [-0.1, -0.05) is 128 Å². The fraction of sp³-hybridized carbons (Fsp3) is 0.833. The summed E-state index contributed by atoms with van der Waals surface area (Å²) >= 11 is 0. The van der Waals surface area contributed by atoms with E-state index in [4.69, 9.17) is 0 Å². The maximum absolute atomic E-state index is 12.2. The summed E-state index contributed by atoms with van der Waals surface area (Å²) in [6.45, 7) is 4.23. The minimum Gasteiger partial charge on any atom is -0.394 e. The van der Waals surface area contributed by atoms with Crippen molar-refractivity contribution in [3.63, 3.8) is 0 Å². The molecule has 0 bridgehead atoms. The van der Waals surface area contributed by atoms with Crippen molar-refractivity contribution in [3.05, 3.63) is 24.3 Å². The highest BCUT2D eigenvalue weighted by Crippen LogP contribution is 2.12. The van der Waals surface area contributed by atoms with Crippen LogP contribution >= 0.6 is 0 Å². The molecule has 0 fully saturated rings. The standard InChI is InChI=1S/C30H57NO3/c1-3-5-7-9-11-13-15-17-19-21-23-25-29(33)28(27-32)31-30(34)26-24-22-20-18-16-14-12-10-8-6-4-2/h15,17,23,25,28-29,32-33H,3-14,16,18-22,24,26-27H2,1-2H3,(H,31,34)/b17-15+,25-23+/t28-,29+/m0/s1. The first kappa shape index (κ1) is 32.9. The zero-order chi connectivity index (χ0) is 25.1. The van der Waals surface area contributed by atoms with E-state index in [0.29, 0.717) is 6.42 Å². The first-order chi connectivity index (χ1) is 16.7. The number of nitrogens with one attached hydrogen (secondary N) is 1. The predicted molar refractivity (Wildman–Crippen MR) is 147 cm³/mol. The van der Waals surface area contributed by atoms with Gasteiger partial charge in [-0.15, -0.1) is 0 Å². The molecule has 0 aromatic carbocycles. The van der Waals surface area contributed by atoms with E-state index in [9.17, 15) is 15.0 Å². The Kier molecular flexibility index (Phi) is 25.6. The lowest BCUT2D eigenvalue weighted by atomic mass is 10.0. The Morgan fingerprint density at radius 3 is 1.71 bits per heavy atom. The Labute approximate surface area is 211 Å². The normalized spacial score (nSPS) is 13.6. The molecule has 0 unspecified atom stereocenters. The van der Waals surface area contributed by atoms with E-state index < -0.39 is 12.1 Å². The molecule has 0 rings (SSSR count). The van der Waals surface area contributed by atoms with Crippen molar-refractivity contribution < 1.29 is 15.0 Å². The fourth-order valence-electron chi connectivity index (χ4n) is 4.13. The Hall–Kier alpha value is -1.13. The number of carbonyl (C=O) groups excluding carboxylic acids is 1. The van der Waals surface area contributed by atoms with Gasteiger partial charge in [-0.25, -0.2) is 0 Å². The average molecular weight is 480 g/mol. The van der Waals surface area contributed by atoms with Crippen LogP contribution in [0.2, 0.25) is 0 Å². The number of aliphatic hydroxyl groups excluding tert-OH is 2. The van der Waals surface area contributed by atoms with E-state index in [2.05, 4.69) is 31.3 Å². The van der Waals surface area contributed by atoms with E-state index in [1.807, 2.05) is 6.08 Å². The van der Waals surface area contributed by atoms with Gasteiger partial charge in [0.1, 0.15) is 0 Å². The molecule has 200 valence electrons. The van der Waals surface area contributed by atoms with Gasteiger partial charge < -0.3 is 15.5 Å². The van der Waals surface area contributed by atoms with E-state index in [1.165, 1.54) is 89.9 Å². The monoisotopic (exact) mass is 479 g/mol. The van der Waals surface area contributed by atoms with Crippen LogP contribution in [0.4, 0.5) is 0 Å². The summed E-state index contributed by atoms with van der Waals surface area (Å²) in [5.74, 6) is -0.0794. The molecule has 0 heterocycles. The highest BCUT2D eigenvalue weighted by Gasteiger charge is 2.17. The van der Waals surface area contributed by atoms with Gasteiger partial charge in [-0.3, -0.25) is 4.79 Å². The second-order valence-electron chi connectivity index (χ2n) is 9.81. The van der Waals surface area contributed by atoms with Crippen LogP contribution in [-0.4, -0.2) is 34.9 Å². The SMILES string of the molecule is CCCCCCC/C=C/CC/C=C/[C@@H](O)[C@H](CO)NC(=O)CCCCCCCCCCCCC. The molecule has 1 amide bonds. The number of hydrogen-bond donors (Lipinski definition) is 3. The lowest BCUT2D eigenvalue weighted by Gasteiger charge is -2.19. The highest BCUT2D eigenvalue weighted by molar-refractivity contribution is 5.76. The summed E-state index contributed by atoms with van der Waals surface area (Å²) in [5.41, 5.74) is 0. The van der Waals surface area contributed by atoms with Crippen LogP contribution in [0.5, 0.6) is 0 Å². The van der Waals surface area contributed by atoms with Gasteiger partial charge in [0.25, 0.3) is 0 Å². The van der Waals surface area contributed by atoms with Crippen LogP contribution in [0.1, 0.15) is 142 Å². The zero-order valence-corrected chi connectivity index (χ0v) is 22.6. The molecular formula is C30H57NO3. The largest absolute Gasteiger partial charge is 0.394 e. The third-order valence-corrected chi connectivity index (χ3v) is 6.44. The molecule has 34 heavy (non-hydrogen) atoms. The highest BCUT2D eigenvalue weighted by atomic mass is 16.3. The number of amides is 1. The van der Waals surface area contributed by atoms with Crippen molar-refractivity contribution in [1.82, 2.24) is 5.32 Å². The van der Waals surface area contributed by atoms with E-state index in [0.717, 1.165) is 32.1 Å². The number of carbonyl (C=O) groups is 1. The van der Waals surface area contributed by atoms with Gasteiger partial charge in [0.2, 0.25) is 5.91 Å². The van der Waals surface area contributed by atoms with Crippen LogP contribution in [0.15, 0.2) is 24.3 Å². The minimum atomic E-state index is -0.853. The van der Waals surface area contributed by atoms with Crippen LogP contribution in [-0.2, 0) is 4.79 Å². The van der Waals surface area contributed by atoms with E-state index in [-0.39, 0.29) is 12.5 Å². The number of allylic oxidation sites excluding steroid dienone is 3. The molecule has 3 N–H and O–H groups in total. The number of rotatable bonds is 25. The van der Waals surface area contributed by atoms with Gasteiger partial charge in [0, 0.05) is 6.42 Å². The zero-order valence-electron chi connectivity index (χ0n) is 22.6. The summed E-state index contributed by atoms with van der Waals surface area (Å²) in [4.78, 5) is 12.2. The Bertz CT molecular complexity index is 489. The second-order valence-corrected chi connectivity index (χ2v) is 9.81. The van der Waals surface area contributed by atoms with Crippen LogP contribution in [0, 0.1) is 0 Å². The van der Waals surface area contributed by atoms with Crippen molar-refractivity contribution in [2.24, 2.45) is 0 Å². The molecule has 0 aromatic heterocycles. The number of unbranched alkanes of at least 4 members (excludes halogenated alkanes) is 16.